The highest BCUT2D eigenvalue weighted by atomic mass is 32.2. The fourth-order valence-electron chi connectivity index (χ4n) is 1.53. The Morgan fingerprint density at radius 2 is 2.33 bits per heavy atom. The third kappa shape index (κ3) is 2.66. The maximum Gasteiger partial charge on any atom is 0.126 e. The predicted molar refractivity (Wildman–Crippen MR) is 78.2 cm³/mol. The van der Waals surface area contributed by atoms with Gasteiger partial charge in [0.1, 0.15) is 5.01 Å². The molecule has 0 N–H and O–H groups in total. The first-order valence-corrected chi connectivity index (χ1v) is 8.15. The molecule has 0 saturated carbocycles. The smallest absolute Gasteiger partial charge is 0.126 e. The Balaban J connectivity index is 1.70. The molecule has 0 bridgehead atoms. The summed E-state index contributed by atoms with van der Waals surface area (Å²) in [6.07, 6.45) is 3.85. The van der Waals surface area contributed by atoms with Gasteiger partial charge in [0, 0.05) is 29.9 Å². The van der Waals surface area contributed by atoms with E-state index in [-0.39, 0.29) is 0 Å². The molecule has 0 saturated heterocycles. The third-order valence-corrected chi connectivity index (χ3v) is 5.47. The van der Waals surface area contributed by atoms with E-state index in [1.165, 1.54) is 4.21 Å². The van der Waals surface area contributed by atoms with E-state index >= 15 is 0 Å². The van der Waals surface area contributed by atoms with Crippen molar-refractivity contribution in [1.82, 2.24) is 14.8 Å². The van der Waals surface area contributed by atoms with Gasteiger partial charge in [-0.1, -0.05) is 6.07 Å². The van der Waals surface area contributed by atoms with Gasteiger partial charge in [-0.3, -0.25) is 4.68 Å². The van der Waals surface area contributed by atoms with Crippen molar-refractivity contribution in [1.29, 1.82) is 0 Å². The molecule has 3 rings (SSSR count). The standard InChI is InChI=1S/C12H11N3S3/c1-15-6-9(5-13-15)12-14-10(8-18-12)7-17-11-3-2-4-16-11/h2-6,8H,7H2,1H3. The molecule has 0 aliphatic rings. The first-order chi connectivity index (χ1) is 8.81. The summed E-state index contributed by atoms with van der Waals surface area (Å²) in [5.41, 5.74) is 2.23. The lowest BCUT2D eigenvalue weighted by atomic mass is 10.4. The molecule has 0 radical (unpaired) electrons. The Bertz CT molecular complexity index is 625. The lowest BCUT2D eigenvalue weighted by Gasteiger charge is -1.93. The predicted octanol–water partition coefficient (Wildman–Crippen LogP) is 3.90. The van der Waals surface area contributed by atoms with Crippen molar-refractivity contribution >= 4 is 34.4 Å². The zero-order valence-corrected chi connectivity index (χ0v) is 12.2. The van der Waals surface area contributed by atoms with Gasteiger partial charge < -0.3 is 0 Å². The summed E-state index contributed by atoms with van der Waals surface area (Å²) in [5.74, 6) is 0.928. The maximum absolute atomic E-state index is 4.64. The van der Waals surface area contributed by atoms with Crippen LogP contribution in [0, 0.1) is 0 Å². The Hall–Kier alpha value is -1.11. The second kappa shape index (κ2) is 5.26. The molecule has 0 aliphatic heterocycles. The number of thiazole rings is 1. The molecule has 3 aromatic rings. The number of nitrogens with zero attached hydrogens (tertiary/aromatic N) is 3. The van der Waals surface area contributed by atoms with Gasteiger partial charge in [-0.15, -0.1) is 34.4 Å². The van der Waals surface area contributed by atoms with Crippen LogP contribution in [0.4, 0.5) is 0 Å². The normalized spacial score (nSPS) is 10.9. The summed E-state index contributed by atoms with van der Waals surface area (Å²) < 4.78 is 3.14. The van der Waals surface area contributed by atoms with Crippen molar-refractivity contribution < 1.29 is 0 Å². The van der Waals surface area contributed by atoms with Crippen molar-refractivity contribution in [3.05, 3.63) is 41.0 Å². The number of hydrogen-bond acceptors (Lipinski definition) is 5. The molecule has 92 valence electrons. The number of aryl methyl sites for hydroxylation is 1. The van der Waals surface area contributed by atoms with Gasteiger partial charge in [0.25, 0.3) is 0 Å². The van der Waals surface area contributed by atoms with Gasteiger partial charge in [-0.2, -0.15) is 5.10 Å². The minimum Gasteiger partial charge on any atom is -0.275 e. The summed E-state index contributed by atoms with van der Waals surface area (Å²) in [6.45, 7) is 0. The first-order valence-electron chi connectivity index (χ1n) is 5.41. The Kier molecular flexibility index (Phi) is 3.49. The molecule has 0 fully saturated rings. The van der Waals surface area contributed by atoms with E-state index in [0.29, 0.717) is 0 Å². The van der Waals surface area contributed by atoms with E-state index in [2.05, 4.69) is 33.0 Å². The number of thioether (sulfide) groups is 1. The second-order valence-corrected chi connectivity index (χ2v) is 6.85. The molecule has 3 aromatic heterocycles. The van der Waals surface area contributed by atoms with Gasteiger partial charge in [0.15, 0.2) is 0 Å². The van der Waals surface area contributed by atoms with Crippen LogP contribution in [-0.4, -0.2) is 14.8 Å². The van der Waals surface area contributed by atoms with Gasteiger partial charge in [0.2, 0.25) is 0 Å². The van der Waals surface area contributed by atoms with Gasteiger partial charge in [-0.25, -0.2) is 4.98 Å². The van der Waals surface area contributed by atoms with Gasteiger partial charge >= 0.3 is 0 Å². The number of aromatic nitrogens is 3. The van der Waals surface area contributed by atoms with E-state index in [9.17, 15) is 0 Å². The fourth-order valence-corrected chi connectivity index (χ4v) is 4.11. The highest BCUT2D eigenvalue weighted by Crippen LogP contribution is 2.29. The molecule has 0 aliphatic carbocycles. The van der Waals surface area contributed by atoms with Crippen LogP contribution in [0.25, 0.3) is 10.6 Å². The lowest BCUT2D eigenvalue weighted by molar-refractivity contribution is 0.768. The van der Waals surface area contributed by atoms with Crippen molar-refractivity contribution in [2.75, 3.05) is 0 Å². The maximum atomic E-state index is 4.64. The van der Waals surface area contributed by atoms with Crippen molar-refractivity contribution in [3.8, 4) is 10.6 Å². The zero-order chi connectivity index (χ0) is 12.4. The fraction of sp³-hybridized carbons (Fsp3) is 0.167. The Morgan fingerprint density at radius 3 is 3.06 bits per heavy atom. The molecule has 0 atom stereocenters. The van der Waals surface area contributed by atoms with E-state index in [4.69, 9.17) is 0 Å². The minimum atomic E-state index is 0.928. The van der Waals surface area contributed by atoms with E-state index in [1.807, 2.05) is 31.2 Å². The quantitative estimate of drug-likeness (QED) is 0.684. The van der Waals surface area contributed by atoms with Crippen LogP contribution in [-0.2, 0) is 12.8 Å². The van der Waals surface area contributed by atoms with Crippen LogP contribution in [0.1, 0.15) is 5.69 Å². The summed E-state index contributed by atoms with van der Waals surface area (Å²) in [7, 11) is 1.92. The monoisotopic (exact) mass is 293 g/mol. The van der Waals surface area contributed by atoms with Crippen LogP contribution < -0.4 is 0 Å². The molecule has 6 heteroatoms. The molecule has 18 heavy (non-hydrogen) atoms. The van der Waals surface area contributed by atoms with Gasteiger partial charge in [-0.05, 0) is 11.4 Å². The lowest BCUT2D eigenvalue weighted by Crippen LogP contribution is -1.84. The van der Waals surface area contributed by atoms with E-state index < -0.39 is 0 Å². The highest BCUT2D eigenvalue weighted by Gasteiger charge is 2.07. The molecule has 0 amide bonds. The first kappa shape index (κ1) is 12.0. The molecule has 0 spiro atoms. The van der Waals surface area contributed by atoms with Gasteiger partial charge in [0.05, 0.1) is 16.1 Å². The summed E-state index contributed by atoms with van der Waals surface area (Å²) in [5, 5.41) is 9.44. The topological polar surface area (TPSA) is 30.7 Å². The zero-order valence-electron chi connectivity index (χ0n) is 9.74. The summed E-state index contributed by atoms with van der Waals surface area (Å²) in [4.78, 5) is 4.64. The highest BCUT2D eigenvalue weighted by molar-refractivity contribution is 8.00. The van der Waals surface area contributed by atoms with Crippen molar-refractivity contribution in [2.24, 2.45) is 7.05 Å². The van der Waals surface area contributed by atoms with Crippen LogP contribution in [0.5, 0.6) is 0 Å². The SMILES string of the molecule is Cn1cc(-c2nc(CSc3cccs3)cs2)cn1. The average molecular weight is 293 g/mol. The molecular formula is C12H11N3S3. The number of hydrogen-bond donors (Lipinski definition) is 0. The van der Waals surface area contributed by atoms with Crippen LogP contribution in [0.15, 0.2) is 39.5 Å². The van der Waals surface area contributed by atoms with Crippen molar-refractivity contribution in [2.45, 2.75) is 9.96 Å². The number of rotatable bonds is 4. The second-order valence-electron chi connectivity index (χ2n) is 3.77. The Labute approximate surface area is 118 Å². The molecule has 0 unspecified atom stereocenters. The molecular weight excluding hydrogens is 282 g/mol. The molecule has 0 aromatic carbocycles. The van der Waals surface area contributed by atoms with E-state index in [0.717, 1.165) is 22.0 Å². The summed E-state index contributed by atoms with van der Waals surface area (Å²) >= 11 is 5.29. The van der Waals surface area contributed by atoms with Crippen LogP contribution >= 0.6 is 34.4 Å². The minimum absolute atomic E-state index is 0.928. The molecule has 3 heterocycles. The average Bonchev–Trinajstić information content (AvgIpc) is 3.07. The Morgan fingerprint density at radius 1 is 1.39 bits per heavy atom. The van der Waals surface area contributed by atoms with Crippen LogP contribution in [0.2, 0.25) is 0 Å². The third-order valence-electron chi connectivity index (χ3n) is 2.36. The number of thiophene rings is 1. The van der Waals surface area contributed by atoms with E-state index in [1.54, 1.807) is 27.4 Å². The van der Waals surface area contributed by atoms with Crippen molar-refractivity contribution in [3.63, 3.8) is 0 Å². The summed E-state index contributed by atoms with van der Waals surface area (Å²) in [6, 6.07) is 4.22. The molecule has 3 nitrogen and oxygen atoms in total. The largest absolute Gasteiger partial charge is 0.275 e. The van der Waals surface area contributed by atoms with Crippen LogP contribution in [0.3, 0.4) is 0 Å².